The first-order valence-electron chi connectivity index (χ1n) is 11.7. The van der Waals surface area contributed by atoms with E-state index in [9.17, 15) is 13.5 Å². The largest absolute Gasteiger partial charge is 0.494 e. The van der Waals surface area contributed by atoms with Gasteiger partial charge in [0.2, 0.25) is 0 Å². The third-order valence-corrected chi connectivity index (χ3v) is 8.33. The second-order valence-corrected chi connectivity index (χ2v) is 10.9. The number of aromatic nitrogens is 6. The Bertz CT molecular complexity index is 1630. The number of nitrogens with zero attached hydrogens (tertiary/aromatic N) is 6. The van der Waals surface area contributed by atoms with Crippen molar-refractivity contribution < 1.29 is 23.0 Å². The third-order valence-electron chi connectivity index (χ3n) is 6.28. The van der Waals surface area contributed by atoms with Crippen LogP contribution in [0.1, 0.15) is 24.5 Å². The Hall–Kier alpha value is -4.29. The van der Waals surface area contributed by atoms with Gasteiger partial charge in [-0.15, -0.1) is 10.2 Å². The molecule has 0 saturated heterocycles. The number of imidazole rings is 1. The summed E-state index contributed by atoms with van der Waals surface area (Å²) in [4.78, 5) is 8.76. The van der Waals surface area contributed by atoms with Crippen LogP contribution in [0.3, 0.4) is 0 Å². The van der Waals surface area contributed by atoms with E-state index in [-0.39, 0.29) is 11.5 Å². The fourth-order valence-corrected chi connectivity index (χ4v) is 5.54. The van der Waals surface area contributed by atoms with Crippen molar-refractivity contribution >= 4 is 15.5 Å². The van der Waals surface area contributed by atoms with Gasteiger partial charge in [-0.2, -0.15) is 0 Å². The normalized spacial score (nSPS) is 13.4. The zero-order chi connectivity index (χ0) is 26.9. The number of pyridine rings is 2. The molecule has 0 unspecified atom stereocenters. The van der Waals surface area contributed by atoms with Crippen molar-refractivity contribution in [1.82, 2.24) is 29.1 Å². The third kappa shape index (κ3) is 4.59. The lowest BCUT2D eigenvalue weighted by Crippen LogP contribution is -2.28. The molecule has 0 saturated carbocycles. The van der Waals surface area contributed by atoms with Crippen molar-refractivity contribution in [3.8, 4) is 28.7 Å². The van der Waals surface area contributed by atoms with Gasteiger partial charge in [-0.25, -0.2) is 13.4 Å². The number of hydrogen-bond donors (Lipinski definition) is 1. The molecular weight excluding hydrogens is 508 g/mol. The number of benzene rings is 1. The second-order valence-electron chi connectivity index (χ2n) is 8.59. The van der Waals surface area contributed by atoms with Crippen LogP contribution in [-0.2, 0) is 15.6 Å². The van der Waals surface area contributed by atoms with Gasteiger partial charge in [-0.05, 0) is 43.3 Å². The predicted molar refractivity (Wildman–Crippen MR) is 140 cm³/mol. The molecule has 1 N–H and O–H groups in total. The number of rotatable bonds is 9. The van der Waals surface area contributed by atoms with E-state index in [1.807, 2.05) is 12.1 Å². The Morgan fingerprint density at radius 1 is 0.974 bits per heavy atom. The maximum atomic E-state index is 13.6. The van der Waals surface area contributed by atoms with Gasteiger partial charge in [-0.3, -0.25) is 9.55 Å². The average Bonchev–Trinajstić information content (AvgIpc) is 3.56. The van der Waals surface area contributed by atoms with E-state index in [1.54, 1.807) is 70.0 Å². The molecule has 196 valence electrons. The van der Waals surface area contributed by atoms with E-state index in [4.69, 9.17) is 9.47 Å². The van der Waals surface area contributed by atoms with Crippen LogP contribution in [0.25, 0.3) is 22.9 Å². The summed E-state index contributed by atoms with van der Waals surface area (Å²) < 4.78 is 41.7. The first-order chi connectivity index (χ1) is 18.3. The summed E-state index contributed by atoms with van der Waals surface area (Å²) in [5.41, 5.74) is 1.78. The molecule has 11 nitrogen and oxygen atoms in total. The Morgan fingerprint density at radius 2 is 1.71 bits per heavy atom. The second kappa shape index (κ2) is 10.2. The van der Waals surface area contributed by atoms with Gasteiger partial charge >= 0.3 is 0 Å². The van der Waals surface area contributed by atoms with Crippen molar-refractivity contribution in [1.29, 1.82) is 0 Å². The summed E-state index contributed by atoms with van der Waals surface area (Å²) >= 11 is 0. The van der Waals surface area contributed by atoms with E-state index < -0.39 is 26.9 Å². The maximum absolute atomic E-state index is 13.6. The number of fused-ring (bicyclic) bond motifs is 1. The highest BCUT2D eigenvalue weighted by molar-refractivity contribution is 7.91. The Kier molecular flexibility index (Phi) is 6.83. The van der Waals surface area contributed by atoms with Crippen LogP contribution in [0.15, 0.2) is 73.2 Å². The van der Waals surface area contributed by atoms with Gasteiger partial charge in [0, 0.05) is 18.6 Å². The SMILES string of the molecule is COc1cccc(OC)c1-n1c(CS(=O)(=O)[C@H](C)[C@@H](O)c2cn3ccccc3n2)nnc1-c1ccccn1. The summed E-state index contributed by atoms with van der Waals surface area (Å²) in [6.45, 7) is 1.45. The number of hydrogen-bond acceptors (Lipinski definition) is 9. The van der Waals surface area contributed by atoms with Crippen LogP contribution in [-0.4, -0.2) is 62.1 Å². The first kappa shape index (κ1) is 25.4. The summed E-state index contributed by atoms with van der Waals surface area (Å²) in [6.07, 6.45) is 3.65. The van der Waals surface area contributed by atoms with Crippen molar-refractivity contribution in [2.75, 3.05) is 14.2 Å². The summed E-state index contributed by atoms with van der Waals surface area (Å²) in [7, 11) is -0.948. The highest BCUT2D eigenvalue weighted by Crippen LogP contribution is 2.36. The van der Waals surface area contributed by atoms with Gasteiger partial charge < -0.3 is 19.0 Å². The smallest absolute Gasteiger partial charge is 0.187 e. The van der Waals surface area contributed by atoms with Gasteiger partial charge in [-0.1, -0.05) is 18.2 Å². The van der Waals surface area contributed by atoms with Gasteiger partial charge in [0.25, 0.3) is 0 Å². The summed E-state index contributed by atoms with van der Waals surface area (Å²) in [5, 5.41) is 18.3. The molecule has 2 atom stereocenters. The molecule has 4 heterocycles. The standard InChI is InChI=1S/C26H26N6O5S/c1-17(25(33)19-15-31-14-7-5-12-22(31)28-19)38(34,35)16-23-29-30-26(18-9-4-6-13-27-18)32(23)24-20(36-2)10-8-11-21(24)37-3/h4-15,17,25,33H,16H2,1-3H3/t17-,25-/m1/s1. The molecule has 0 radical (unpaired) electrons. The van der Waals surface area contributed by atoms with Crippen molar-refractivity contribution in [2.24, 2.45) is 0 Å². The van der Waals surface area contributed by atoms with E-state index >= 15 is 0 Å². The van der Waals surface area contributed by atoms with Gasteiger partial charge in [0.1, 0.15) is 40.4 Å². The van der Waals surface area contributed by atoms with Crippen LogP contribution in [0, 0.1) is 0 Å². The topological polar surface area (TPSA) is 134 Å². The average molecular weight is 535 g/mol. The van der Waals surface area contributed by atoms with Crippen LogP contribution < -0.4 is 9.47 Å². The molecule has 0 amide bonds. The lowest BCUT2D eigenvalue weighted by Gasteiger charge is -2.19. The molecular formula is C26H26N6O5S. The summed E-state index contributed by atoms with van der Waals surface area (Å²) in [5.74, 6) is 0.768. The first-order valence-corrected chi connectivity index (χ1v) is 13.5. The van der Waals surface area contributed by atoms with Gasteiger partial charge in [0.05, 0.1) is 25.2 Å². The molecule has 0 bridgehead atoms. The molecule has 12 heteroatoms. The highest BCUT2D eigenvalue weighted by Gasteiger charge is 2.34. The number of methoxy groups -OCH3 is 2. The number of aliphatic hydroxyl groups is 1. The highest BCUT2D eigenvalue weighted by atomic mass is 32.2. The van der Waals surface area contributed by atoms with E-state index in [2.05, 4.69) is 20.2 Å². The molecule has 1 aromatic carbocycles. The molecule has 5 rings (SSSR count). The van der Waals surface area contributed by atoms with Gasteiger partial charge in [0.15, 0.2) is 21.5 Å². The summed E-state index contributed by atoms with van der Waals surface area (Å²) in [6, 6.07) is 15.9. The number of sulfone groups is 1. The van der Waals surface area contributed by atoms with Crippen LogP contribution in [0.2, 0.25) is 0 Å². The molecule has 0 aliphatic rings. The van der Waals surface area contributed by atoms with Crippen molar-refractivity contribution in [2.45, 2.75) is 24.0 Å². The molecule has 0 spiro atoms. The fourth-order valence-electron chi connectivity index (χ4n) is 4.20. The Balaban J connectivity index is 1.58. The molecule has 0 fully saturated rings. The van der Waals surface area contributed by atoms with Crippen molar-refractivity contribution in [3.05, 3.63) is 84.7 Å². The molecule has 0 aliphatic heterocycles. The molecule has 0 aliphatic carbocycles. The zero-order valence-electron chi connectivity index (χ0n) is 21.0. The Labute approximate surface area is 219 Å². The fraction of sp³-hybridized carbons (Fsp3) is 0.231. The van der Waals surface area contributed by atoms with E-state index in [0.29, 0.717) is 34.4 Å². The van der Waals surface area contributed by atoms with Crippen molar-refractivity contribution in [3.63, 3.8) is 0 Å². The predicted octanol–water partition coefficient (Wildman–Crippen LogP) is 3.03. The Morgan fingerprint density at radius 3 is 2.37 bits per heavy atom. The van der Waals surface area contributed by atoms with E-state index in [1.165, 1.54) is 21.1 Å². The van der Waals surface area contributed by atoms with Crippen LogP contribution >= 0.6 is 0 Å². The minimum Gasteiger partial charge on any atom is -0.494 e. The van der Waals surface area contributed by atoms with Crippen LogP contribution in [0.5, 0.6) is 11.5 Å². The minimum absolute atomic E-state index is 0.113. The molecule has 38 heavy (non-hydrogen) atoms. The minimum atomic E-state index is -3.96. The van der Waals surface area contributed by atoms with E-state index in [0.717, 1.165) is 0 Å². The zero-order valence-corrected chi connectivity index (χ0v) is 21.8. The monoisotopic (exact) mass is 534 g/mol. The number of ether oxygens (including phenoxy) is 2. The lowest BCUT2D eigenvalue weighted by molar-refractivity contribution is 0.171. The number of aliphatic hydroxyl groups excluding tert-OH is 1. The van der Waals surface area contributed by atoms with Crippen LogP contribution in [0.4, 0.5) is 0 Å². The number of para-hydroxylation sites is 1. The molecule has 5 aromatic rings. The quantitative estimate of drug-likeness (QED) is 0.303. The molecule has 4 aromatic heterocycles. The lowest BCUT2D eigenvalue weighted by atomic mass is 10.2. The maximum Gasteiger partial charge on any atom is 0.187 e.